The van der Waals surface area contributed by atoms with Gasteiger partial charge < -0.3 is 5.11 Å². The van der Waals surface area contributed by atoms with Crippen molar-refractivity contribution in [3.05, 3.63) is 23.8 Å². The van der Waals surface area contributed by atoms with E-state index in [2.05, 4.69) is 40.3 Å². The number of ketones is 1. The van der Waals surface area contributed by atoms with E-state index in [0.29, 0.717) is 34.4 Å². The summed E-state index contributed by atoms with van der Waals surface area (Å²) in [4.78, 5) is 27.4. The highest BCUT2D eigenvalue weighted by Gasteiger charge is 2.72. The molecule has 0 saturated heterocycles. The van der Waals surface area contributed by atoms with E-state index in [-0.39, 0.29) is 22.2 Å². The Kier molecular flexibility index (Phi) is 6.91. The lowest BCUT2D eigenvalue weighted by molar-refractivity contribution is -0.182. The van der Waals surface area contributed by atoms with E-state index >= 15 is 0 Å². The maximum atomic E-state index is 14.9. The number of rotatable bonds is 4. The highest BCUT2D eigenvalue weighted by atomic mass is 16.4. The van der Waals surface area contributed by atoms with Crippen molar-refractivity contribution in [1.29, 1.82) is 0 Å². The third kappa shape index (κ3) is 4.03. The Morgan fingerprint density at radius 3 is 2.30 bits per heavy atom. The minimum atomic E-state index is -0.638. The summed E-state index contributed by atoms with van der Waals surface area (Å²) in [6.07, 6.45) is 22.9. The largest absolute Gasteiger partial charge is 0.481 e. The molecule has 3 heteroatoms. The van der Waals surface area contributed by atoms with Gasteiger partial charge in [0.2, 0.25) is 0 Å². The summed E-state index contributed by atoms with van der Waals surface area (Å²) in [6, 6.07) is 0. The van der Waals surface area contributed by atoms with Crippen LogP contribution in [0, 0.1) is 62.1 Å². The van der Waals surface area contributed by atoms with E-state index in [9.17, 15) is 14.7 Å². The van der Waals surface area contributed by atoms with Gasteiger partial charge in [-0.1, -0.05) is 64.3 Å². The molecule has 3 nitrogen and oxygen atoms in total. The normalized spacial score (nSPS) is 50.4. The Balaban J connectivity index is 1.08. The smallest absolute Gasteiger partial charge is 0.309 e. The molecule has 7 aliphatic rings. The number of carboxylic acids is 1. The average Bonchev–Trinajstić information content (AvgIpc) is 3.10. The van der Waals surface area contributed by atoms with Crippen molar-refractivity contribution < 1.29 is 14.7 Å². The summed E-state index contributed by atoms with van der Waals surface area (Å²) < 4.78 is 0. The number of fused-ring (bicyclic) bond motifs is 5. The topological polar surface area (TPSA) is 54.4 Å². The van der Waals surface area contributed by atoms with Gasteiger partial charge in [-0.25, -0.2) is 0 Å². The molecule has 10 unspecified atom stereocenters. The highest BCUT2D eigenvalue weighted by molar-refractivity contribution is 5.94. The van der Waals surface area contributed by atoms with E-state index in [1.165, 1.54) is 56.9 Å². The molecular formula is C40H60O3. The van der Waals surface area contributed by atoms with E-state index in [4.69, 9.17) is 0 Å². The molecule has 7 aliphatic carbocycles. The zero-order valence-corrected chi connectivity index (χ0v) is 28.2. The Morgan fingerprint density at radius 1 is 0.837 bits per heavy atom. The van der Waals surface area contributed by atoms with Crippen LogP contribution in [-0.4, -0.2) is 16.9 Å². The first kappa shape index (κ1) is 30.3. The van der Waals surface area contributed by atoms with Gasteiger partial charge in [0.05, 0.1) is 5.41 Å². The van der Waals surface area contributed by atoms with Gasteiger partial charge in [0.25, 0.3) is 0 Å². The van der Waals surface area contributed by atoms with Crippen molar-refractivity contribution in [2.45, 2.75) is 150 Å². The molecule has 0 radical (unpaired) electrons. The predicted molar refractivity (Wildman–Crippen MR) is 173 cm³/mol. The predicted octanol–water partition coefficient (Wildman–Crippen LogP) is 10.3. The molecule has 6 fully saturated rings. The minimum Gasteiger partial charge on any atom is -0.481 e. The standard InChI is InChI=1S/C40H60O3/c1-26-9-13-30-35(2,3)18-7-19-36(30,4)29(26)12-10-27-15-22-39(23-16-27)28-11-14-32-37(5)20-8-21-38(6,34(42)43)31(37)17-24-40(32,25-28)33(39)41/h15,28-32H,1,7-14,16-25H2,2-6H3,(H,42,43). The molecule has 0 heterocycles. The van der Waals surface area contributed by atoms with Crippen molar-refractivity contribution >= 4 is 11.8 Å². The fourth-order valence-electron chi connectivity index (χ4n) is 14.6. The van der Waals surface area contributed by atoms with Gasteiger partial charge in [-0.15, -0.1) is 0 Å². The van der Waals surface area contributed by atoms with Crippen molar-refractivity contribution in [1.82, 2.24) is 0 Å². The average molecular weight is 589 g/mol. The van der Waals surface area contributed by atoms with Crippen LogP contribution < -0.4 is 0 Å². The zero-order chi connectivity index (χ0) is 30.6. The summed E-state index contributed by atoms with van der Waals surface area (Å²) >= 11 is 0. The molecule has 2 spiro atoms. The van der Waals surface area contributed by atoms with Crippen molar-refractivity contribution in [3.63, 3.8) is 0 Å². The summed E-state index contributed by atoms with van der Waals surface area (Å²) in [5.41, 5.74) is 2.98. The first-order valence-corrected chi connectivity index (χ1v) is 18.4. The maximum absolute atomic E-state index is 14.9. The second-order valence-electron chi connectivity index (χ2n) is 18.6. The van der Waals surface area contributed by atoms with Crippen LogP contribution in [0.4, 0.5) is 0 Å². The third-order valence-electron chi connectivity index (χ3n) is 16.6. The van der Waals surface area contributed by atoms with Gasteiger partial charge in [-0.05, 0) is 155 Å². The second kappa shape index (κ2) is 9.81. The monoisotopic (exact) mass is 588 g/mol. The minimum absolute atomic E-state index is 0.0183. The van der Waals surface area contributed by atoms with Crippen molar-refractivity contribution in [2.75, 3.05) is 0 Å². The fraction of sp³-hybridized carbons (Fsp3) is 0.850. The number of aliphatic carboxylic acids is 1. The number of hydrogen-bond donors (Lipinski definition) is 1. The molecule has 43 heavy (non-hydrogen) atoms. The van der Waals surface area contributed by atoms with Gasteiger partial charge in [0.1, 0.15) is 5.78 Å². The first-order chi connectivity index (χ1) is 20.2. The molecule has 0 amide bonds. The van der Waals surface area contributed by atoms with Crippen LogP contribution in [0.1, 0.15) is 150 Å². The Hall–Kier alpha value is -1.38. The third-order valence-corrected chi connectivity index (χ3v) is 16.6. The second-order valence-corrected chi connectivity index (χ2v) is 18.6. The molecule has 7 rings (SSSR count). The van der Waals surface area contributed by atoms with E-state index in [1.807, 2.05) is 6.92 Å². The number of carboxylic acid groups (broad SMARTS) is 1. The molecule has 2 bridgehead atoms. The lowest BCUT2D eigenvalue weighted by Crippen LogP contribution is -2.59. The molecule has 0 aromatic heterocycles. The quantitative estimate of drug-likeness (QED) is 0.332. The van der Waals surface area contributed by atoms with Crippen molar-refractivity contribution in [3.8, 4) is 0 Å². The van der Waals surface area contributed by atoms with E-state index < -0.39 is 11.4 Å². The van der Waals surface area contributed by atoms with Crippen LogP contribution in [0.5, 0.6) is 0 Å². The van der Waals surface area contributed by atoms with Crippen LogP contribution in [0.15, 0.2) is 23.8 Å². The van der Waals surface area contributed by atoms with Crippen molar-refractivity contribution in [2.24, 2.45) is 62.1 Å². The first-order valence-electron chi connectivity index (χ1n) is 18.4. The van der Waals surface area contributed by atoms with Gasteiger partial charge >= 0.3 is 5.97 Å². The Labute approximate surface area is 262 Å². The van der Waals surface area contributed by atoms with Gasteiger partial charge in [0.15, 0.2) is 0 Å². The van der Waals surface area contributed by atoms with Crippen LogP contribution >= 0.6 is 0 Å². The molecular weight excluding hydrogens is 528 g/mol. The van der Waals surface area contributed by atoms with Gasteiger partial charge in [-0.2, -0.15) is 0 Å². The Morgan fingerprint density at radius 2 is 1.58 bits per heavy atom. The fourth-order valence-corrected chi connectivity index (χ4v) is 14.6. The zero-order valence-electron chi connectivity index (χ0n) is 28.2. The molecule has 0 aromatic carbocycles. The summed E-state index contributed by atoms with van der Waals surface area (Å²) in [7, 11) is 0. The number of allylic oxidation sites excluding steroid dienone is 3. The van der Waals surface area contributed by atoms with E-state index in [0.717, 1.165) is 70.1 Å². The molecule has 238 valence electrons. The van der Waals surface area contributed by atoms with Crippen LogP contribution in [0.3, 0.4) is 0 Å². The molecule has 1 N–H and O–H groups in total. The van der Waals surface area contributed by atoms with Gasteiger partial charge in [0, 0.05) is 10.8 Å². The molecule has 10 atom stereocenters. The summed E-state index contributed by atoms with van der Waals surface area (Å²) in [5.74, 6) is 2.56. The number of Topliss-reactive ketones (excluding diaryl/α,β-unsaturated/α-hetero) is 1. The molecule has 0 aliphatic heterocycles. The lowest BCUT2D eigenvalue weighted by Gasteiger charge is -2.62. The van der Waals surface area contributed by atoms with Crippen LogP contribution in [0.2, 0.25) is 0 Å². The van der Waals surface area contributed by atoms with Gasteiger partial charge in [-0.3, -0.25) is 9.59 Å². The number of carbonyl (C=O) groups is 2. The maximum Gasteiger partial charge on any atom is 0.309 e. The summed E-state index contributed by atoms with van der Waals surface area (Å²) in [5, 5.41) is 10.3. The van der Waals surface area contributed by atoms with E-state index in [1.54, 1.807) is 5.57 Å². The highest BCUT2D eigenvalue weighted by Crippen LogP contribution is 2.74. The Bertz CT molecular complexity index is 1240. The SMILES string of the molecule is C=C1CCC2C(C)(C)CCCC2(C)C1CCC1=CCC2(CC1)C(=O)C13CCC4C(C)(C(=O)O)CCCC4(C)C1CCC2C3. The lowest BCUT2D eigenvalue weighted by atomic mass is 9.41. The summed E-state index contributed by atoms with van der Waals surface area (Å²) in [6.45, 7) is 16.7. The molecule has 6 saturated carbocycles. The molecule has 0 aromatic rings. The number of hydrogen-bond acceptors (Lipinski definition) is 2. The number of carbonyl (C=O) groups excluding carboxylic acids is 1. The van der Waals surface area contributed by atoms with Crippen LogP contribution in [-0.2, 0) is 9.59 Å². The van der Waals surface area contributed by atoms with Crippen LogP contribution in [0.25, 0.3) is 0 Å².